The molecule has 18 heavy (non-hydrogen) atoms. The molecule has 0 radical (unpaired) electrons. The third-order valence-electron chi connectivity index (χ3n) is 3.47. The second kappa shape index (κ2) is 5.07. The van der Waals surface area contributed by atoms with E-state index in [0.29, 0.717) is 11.7 Å². The highest BCUT2D eigenvalue weighted by molar-refractivity contribution is 5.70. The standard InChI is InChI=1S/C12H15N5O/c1-8(9-3-5-18-6-4-9)17-12(14)11(15-2)10(7-13)16-17/h8-9H,3-6,14H2,1H3. The first-order chi connectivity index (χ1) is 8.69. The van der Waals surface area contributed by atoms with Gasteiger partial charge in [0.25, 0.3) is 5.69 Å². The molecule has 0 aromatic carbocycles. The van der Waals surface area contributed by atoms with Gasteiger partial charge in [-0.25, -0.2) is 4.85 Å². The van der Waals surface area contributed by atoms with Crippen LogP contribution in [-0.4, -0.2) is 23.0 Å². The van der Waals surface area contributed by atoms with E-state index in [-0.39, 0.29) is 17.4 Å². The van der Waals surface area contributed by atoms with E-state index < -0.39 is 0 Å². The molecule has 6 heteroatoms. The van der Waals surface area contributed by atoms with Gasteiger partial charge in [-0.05, 0) is 25.7 Å². The number of ether oxygens (including phenoxy) is 1. The van der Waals surface area contributed by atoms with E-state index in [0.717, 1.165) is 26.1 Å². The van der Waals surface area contributed by atoms with Crippen LogP contribution in [-0.2, 0) is 4.74 Å². The van der Waals surface area contributed by atoms with Gasteiger partial charge in [0.05, 0.1) is 12.6 Å². The first-order valence-electron chi connectivity index (χ1n) is 5.92. The van der Waals surface area contributed by atoms with Crippen molar-refractivity contribution in [2.75, 3.05) is 18.9 Å². The zero-order valence-corrected chi connectivity index (χ0v) is 10.3. The van der Waals surface area contributed by atoms with Crippen LogP contribution in [0.3, 0.4) is 0 Å². The van der Waals surface area contributed by atoms with Gasteiger partial charge in [0.1, 0.15) is 11.9 Å². The first-order valence-corrected chi connectivity index (χ1v) is 5.92. The predicted octanol–water partition coefficient (Wildman–Crippen LogP) is 1.88. The molecule has 1 aliphatic rings. The predicted molar refractivity (Wildman–Crippen MR) is 65.9 cm³/mol. The molecule has 2 rings (SSSR count). The lowest BCUT2D eigenvalue weighted by atomic mass is 9.93. The van der Waals surface area contributed by atoms with E-state index in [1.54, 1.807) is 4.68 Å². The number of nitriles is 1. The van der Waals surface area contributed by atoms with E-state index in [4.69, 9.17) is 22.3 Å². The van der Waals surface area contributed by atoms with Crippen molar-refractivity contribution in [2.45, 2.75) is 25.8 Å². The molecule has 0 bridgehead atoms. The lowest BCUT2D eigenvalue weighted by Crippen LogP contribution is -2.25. The Kier molecular flexibility index (Phi) is 3.50. The fourth-order valence-corrected chi connectivity index (χ4v) is 2.33. The first kappa shape index (κ1) is 12.4. The van der Waals surface area contributed by atoms with Crippen molar-refractivity contribution >= 4 is 11.5 Å². The number of aromatic nitrogens is 2. The van der Waals surface area contributed by atoms with Gasteiger partial charge in [0.15, 0.2) is 5.69 Å². The molecule has 0 amide bonds. The molecule has 94 valence electrons. The van der Waals surface area contributed by atoms with Crippen LogP contribution in [0.5, 0.6) is 0 Å². The molecule has 0 saturated carbocycles. The Bertz CT molecular complexity index is 516. The third-order valence-corrected chi connectivity index (χ3v) is 3.47. The molecule has 1 aromatic heterocycles. The molecule has 1 saturated heterocycles. The van der Waals surface area contributed by atoms with Gasteiger partial charge in [-0.2, -0.15) is 10.4 Å². The molecule has 1 aliphatic heterocycles. The van der Waals surface area contributed by atoms with Crippen molar-refractivity contribution in [1.29, 1.82) is 5.26 Å². The summed E-state index contributed by atoms with van der Waals surface area (Å²) < 4.78 is 6.94. The molecule has 1 aromatic rings. The van der Waals surface area contributed by atoms with E-state index in [9.17, 15) is 0 Å². The molecule has 2 heterocycles. The van der Waals surface area contributed by atoms with Crippen molar-refractivity contribution < 1.29 is 4.74 Å². The number of nitrogens with zero attached hydrogens (tertiary/aromatic N) is 4. The summed E-state index contributed by atoms with van der Waals surface area (Å²) in [4.78, 5) is 3.28. The Morgan fingerprint density at radius 1 is 1.61 bits per heavy atom. The van der Waals surface area contributed by atoms with E-state index in [2.05, 4.69) is 9.94 Å². The van der Waals surface area contributed by atoms with Gasteiger partial charge >= 0.3 is 0 Å². The smallest absolute Gasteiger partial charge is 0.264 e. The van der Waals surface area contributed by atoms with Crippen LogP contribution >= 0.6 is 0 Å². The fourth-order valence-electron chi connectivity index (χ4n) is 2.33. The Morgan fingerprint density at radius 3 is 2.78 bits per heavy atom. The summed E-state index contributed by atoms with van der Waals surface area (Å²) in [6.07, 6.45) is 1.91. The minimum absolute atomic E-state index is 0.0801. The summed E-state index contributed by atoms with van der Waals surface area (Å²) in [6.45, 7) is 10.6. The molecule has 1 unspecified atom stereocenters. The van der Waals surface area contributed by atoms with Crippen LogP contribution in [0.15, 0.2) is 0 Å². The molecule has 2 N–H and O–H groups in total. The maximum Gasteiger partial charge on any atom is 0.264 e. The lowest BCUT2D eigenvalue weighted by molar-refractivity contribution is 0.0499. The van der Waals surface area contributed by atoms with Crippen LogP contribution < -0.4 is 5.73 Å². The fraction of sp³-hybridized carbons (Fsp3) is 0.583. The van der Waals surface area contributed by atoms with E-state index >= 15 is 0 Å². The Labute approximate surface area is 106 Å². The van der Waals surface area contributed by atoms with Crippen molar-refractivity contribution in [2.24, 2.45) is 5.92 Å². The summed E-state index contributed by atoms with van der Waals surface area (Å²) in [5.41, 5.74) is 6.18. The van der Waals surface area contributed by atoms with Crippen molar-refractivity contribution in [3.63, 3.8) is 0 Å². The normalized spacial score (nSPS) is 17.9. The van der Waals surface area contributed by atoms with Gasteiger partial charge in [0, 0.05) is 13.2 Å². The summed E-state index contributed by atoms with van der Waals surface area (Å²) in [5.74, 6) is 0.714. The molecular weight excluding hydrogens is 230 g/mol. The monoisotopic (exact) mass is 245 g/mol. The SMILES string of the molecule is [C-]#[N+]c1c(C#N)nn(C(C)C2CCOCC2)c1N. The van der Waals surface area contributed by atoms with Crippen molar-refractivity contribution in [3.8, 4) is 6.07 Å². The molecule has 1 atom stereocenters. The molecular formula is C12H15N5O. The molecule has 0 spiro atoms. The number of nitrogens with two attached hydrogens (primary N) is 1. The highest BCUT2D eigenvalue weighted by Gasteiger charge is 2.26. The van der Waals surface area contributed by atoms with Gasteiger partial charge < -0.3 is 10.5 Å². The van der Waals surface area contributed by atoms with Crippen LogP contribution in [0.4, 0.5) is 11.5 Å². The van der Waals surface area contributed by atoms with Crippen LogP contribution in [0.25, 0.3) is 4.85 Å². The van der Waals surface area contributed by atoms with E-state index in [1.807, 2.05) is 13.0 Å². The van der Waals surface area contributed by atoms with Gasteiger partial charge in [-0.15, -0.1) is 0 Å². The summed E-state index contributed by atoms with van der Waals surface area (Å²) in [7, 11) is 0. The van der Waals surface area contributed by atoms with Crippen LogP contribution in [0, 0.1) is 23.8 Å². The average molecular weight is 245 g/mol. The van der Waals surface area contributed by atoms with Gasteiger partial charge in [-0.3, -0.25) is 4.68 Å². The minimum atomic E-state index is 0.0801. The Morgan fingerprint density at radius 2 is 2.28 bits per heavy atom. The highest BCUT2D eigenvalue weighted by Crippen LogP contribution is 2.34. The quantitative estimate of drug-likeness (QED) is 0.806. The molecule has 1 fully saturated rings. The largest absolute Gasteiger partial charge is 0.393 e. The maximum absolute atomic E-state index is 8.93. The number of anilines is 1. The van der Waals surface area contributed by atoms with Crippen LogP contribution in [0.1, 0.15) is 31.5 Å². The highest BCUT2D eigenvalue weighted by atomic mass is 16.5. The average Bonchev–Trinajstić information content (AvgIpc) is 2.75. The summed E-state index contributed by atoms with van der Waals surface area (Å²) in [6, 6.07) is 2.00. The maximum atomic E-state index is 8.93. The van der Waals surface area contributed by atoms with Crippen molar-refractivity contribution in [1.82, 2.24) is 9.78 Å². The lowest BCUT2D eigenvalue weighted by Gasteiger charge is -2.28. The number of rotatable bonds is 2. The minimum Gasteiger partial charge on any atom is -0.393 e. The Balaban J connectivity index is 2.31. The zero-order chi connectivity index (χ0) is 13.1. The van der Waals surface area contributed by atoms with Crippen molar-refractivity contribution in [3.05, 3.63) is 17.1 Å². The number of nitrogen functional groups attached to an aromatic ring is 1. The third kappa shape index (κ3) is 2.03. The summed E-state index contributed by atoms with van der Waals surface area (Å²) in [5, 5.41) is 13.1. The second-order valence-electron chi connectivity index (χ2n) is 4.44. The van der Waals surface area contributed by atoms with Gasteiger partial charge in [-0.1, -0.05) is 0 Å². The second-order valence-corrected chi connectivity index (χ2v) is 4.44. The van der Waals surface area contributed by atoms with Crippen LogP contribution in [0.2, 0.25) is 0 Å². The van der Waals surface area contributed by atoms with Gasteiger partial charge in [0.2, 0.25) is 0 Å². The summed E-state index contributed by atoms with van der Waals surface area (Å²) >= 11 is 0. The van der Waals surface area contributed by atoms with E-state index in [1.165, 1.54) is 0 Å². The number of hydrogen-bond donors (Lipinski definition) is 1. The molecule has 6 nitrogen and oxygen atoms in total. The molecule has 0 aliphatic carbocycles. The zero-order valence-electron chi connectivity index (χ0n) is 10.3. The topological polar surface area (TPSA) is 81.2 Å². The Hall–Kier alpha value is -2.05. The number of hydrogen-bond acceptors (Lipinski definition) is 4.